The maximum atomic E-state index is 6.19. The summed E-state index contributed by atoms with van der Waals surface area (Å²) in [4.78, 5) is 4.46. The molecular formula is C15H18ClN. The van der Waals surface area contributed by atoms with Crippen molar-refractivity contribution in [1.82, 2.24) is 4.98 Å². The highest BCUT2D eigenvalue weighted by Crippen LogP contribution is 2.27. The van der Waals surface area contributed by atoms with Gasteiger partial charge in [-0.25, -0.2) is 4.98 Å². The van der Waals surface area contributed by atoms with Crippen LogP contribution in [0.5, 0.6) is 0 Å². The molecule has 0 bridgehead atoms. The molecule has 0 N–H and O–H groups in total. The zero-order valence-corrected chi connectivity index (χ0v) is 11.4. The molecule has 1 nitrogen and oxygen atoms in total. The van der Waals surface area contributed by atoms with Crippen molar-refractivity contribution in [3.63, 3.8) is 0 Å². The van der Waals surface area contributed by atoms with Gasteiger partial charge in [0.25, 0.3) is 0 Å². The van der Waals surface area contributed by atoms with Gasteiger partial charge in [0.15, 0.2) is 0 Å². The number of fused-ring (bicyclic) bond motifs is 1. The fourth-order valence-electron chi connectivity index (χ4n) is 2.07. The third-order valence-corrected chi connectivity index (χ3v) is 3.32. The first-order valence-electron chi connectivity index (χ1n) is 6.21. The lowest BCUT2D eigenvalue weighted by Crippen LogP contribution is -1.93. The SMILES string of the molecule is CCCc1ccc2nc(Cl)c(C(C)C)cc2c1. The van der Waals surface area contributed by atoms with Gasteiger partial charge in [-0.1, -0.05) is 44.9 Å². The first-order valence-corrected chi connectivity index (χ1v) is 6.58. The molecule has 90 valence electrons. The molecule has 1 aromatic carbocycles. The van der Waals surface area contributed by atoms with Crippen molar-refractivity contribution >= 4 is 22.5 Å². The second kappa shape index (κ2) is 5.05. The molecule has 17 heavy (non-hydrogen) atoms. The lowest BCUT2D eigenvalue weighted by Gasteiger charge is -2.10. The van der Waals surface area contributed by atoms with Crippen LogP contribution in [0.4, 0.5) is 0 Å². The normalized spacial score (nSPS) is 11.4. The summed E-state index contributed by atoms with van der Waals surface area (Å²) in [7, 11) is 0. The number of hydrogen-bond acceptors (Lipinski definition) is 1. The Kier molecular flexibility index (Phi) is 3.68. The lowest BCUT2D eigenvalue weighted by atomic mass is 10.0. The maximum Gasteiger partial charge on any atom is 0.133 e. The van der Waals surface area contributed by atoms with E-state index >= 15 is 0 Å². The first-order chi connectivity index (χ1) is 8.11. The first kappa shape index (κ1) is 12.4. The molecule has 0 unspecified atom stereocenters. The summed E-state index contributed by atoms with van der Waals surface area (Å²) in [6.07, 6.45) is 2.29. The van der Waals surface area contributed by atoms with E-state index in [9.17, 15) is 0 Å². The van der Waals surface area contributed by atoms with E-state index < -0.39 is 0 Å². The number of nitrogens with zero attached hydrogens (tertiary/aromatic N) is 1. The van der Waals surface area contributed by atoms with Gasteiger partial charge in [-0.15, -0.1) is 0 Å². The van der Waals surface area contributed by atoms with Crippen LogP contribution in [0.3, 0.4) is 0 Å². The van der Waals surface area contributed by atoms with Gasteiger partial charge < -0.3 is 0 Å². The van der Waals surface area contributed by atoms with Crippen molar-refractivity contribution in [2.45, 2.75) is 39.5 Å². The van der Waals surface area contributed by atoms with Crippen LogP contribution < -0.4 is 0 Å². The van der Waals surface area contributed by atoms with Crippen LogP contribution in [0.1, 0.15) is 44.2 Å². The van der Waals surface area contributed by atoms with E-state index in [-0.39, 0.29) is 0 Å². The molecule has 0 saturated heterocycles. The topological polar surface area (TPSA) is 12.9 Å². The highest BCUT2D eigenvalue weighted by atomic mass is 35.5. The largest absolute Gasteiger partial charge is 0.236 e. The minimum absolute atomic E-state index is 0.411. The summed E-state index contributed by atoms with van der Waals surface area (Å²) in [5, 5.41) is 1.83. The summed E-state index contributed by atoms with van der Waals surface area (Å²) in [5.41, 5.74) is 3.49. The molecule has 0 aliphatic heterocycles. The van der Waals surface area contributed by atoms with E-state index in [1.165, 1.54) is 17.4 Å². The Morgan fingerprint density at radius 3 is 2.65 bits per heavy atom. The number of aryl methyl sites for hydroxylation is 1. The van der Waals surface area contributed by atoms with Gasteiger partial charge in [-0.05, 0) is 41.7 Å². The Bertz CT molecular complexity index is 532. The summed E-state index contributed by atoms with van der Waals surface area (Å²) in [6, 6.07) is 8.61. The van der Waals surface area contributed by atoms with Gasteiger partial charge >= 0.3 is 0 Å². The maximum absolute atomic E-state index is 6.19. The number of pyridine rings is 1. The van der Waals surface area contributed by atoms with Gasteiger partial charge in [0.2, 0.25) is 0 Å². The second-order valence-electron chi connectivity index (χ2n) is 4.80. The van der Waals surface area contributed by atoms with E-state index in [1.54, 1.807) is 0 Å². The molecule has 0 aliphatic rings. The second-order valence-corrected chi connectivity index (χ2v) is 5.16. The van der Waals surface area contributed by atoms with Crippen LogP contribution >= 0.6 is 11.6 Å². The van der Waals surface area contributed by atoms with Crippen molar-refractivity contribution in [1.29, 1.82) is 0 Å². The summed E-state index contributed by atoms with van der Waals surface area (Å²) in [6.45, 7) is 6.49. The quantitative estimate of drug-likeness (QED) is 0.699. The molecule has 1 heterocycles. The molecule has 1 aromatic heterocycles. The van der Waals surface area contributed by atoms with Crippen LogP contribution in [0, 0.1) is 0 Å². The van der Waals surface area contributed by atoms with Crippen molar-refractivity contribution < 1.29 is 0 Å². The van der Waals surface area contributed by atoms with E-state index in [0.29, 0.717) is 11.1 Å². The van der Waals surface area contributed by atoms with Crippen LogP contribution in [0.25, 0.3) is 10.9 Å². The fourth-order valence-corrected chi connectivity index (χ4v) is 2.43. The highest BCUT2D eigenvalue weighted by Gasteiger charge is 2.08. The van der Waals surface area contributed by atoms with E-state index in [0.717, 1.165) is 17.5 Å². The fraction of sp³-hybridized carbons (Fsp3) is 0.400. The molecule has 0 radical (unpaired) electrons. The molecule has 2 aromatic rings. The predicted octanol–water partition coefficient (Wildman–Crippen LogP) is 4.96. The lowest BCUT2D eigenvalue weighted by molar-refractivity contribution is 0.862. The minimum Gasteiger partial charge on any atom is -0.236 e. The van der Waals surface area contributed by atoms with Crippen LogP contribution in [0.2, 0.25) is 5.15 Å². The number of hydrogen-bond donors (Lipinski definition) is 0. The van der Waals surface area contributed by atoms with Gasteiger partial charge in [0.05, 0.1) is 5.52 Å². The Morgan fingerprint density at radius 2 is 2.00 bits per heavy atom. The summed E-state index contributed by atoms with van der Waals surface area (Å²) in [5.74, 6) is 0.411. The minimum atomic E-state index is 0.411. The Labute approximate surface area is 108 Å². The van der Waals surface area contributed by atoms with Gasteiger partial charge in [0.1, 0.15) is 5.15 Å². The third kappa shape index (κ3) is 2.61. The van der Waals surface area contributed by atoms with Gasteiger partial charge in [-0.2, -0.15) is 0 Å². The van der Waals surface area contributed by atoms with E-state index in [1.807, 2.05) is 0 Å². The molecule has 0 saturated carbocycles. The standard InChI is InChI=1S/C15H18ClN/c1-4-5-11-6-7-14-12(8-11)9-13(10(2)3)15(16)17-14/h6-10H,4-5H2,1-3H3. The number of rotatable bonds is 3. The zero-order chi connectivity index (χ0) is 12.4. The number of aromatic nitrogens is 1. The number of benzene rings is 1. The van der Waals surface area contributed by atoms with Crippen molar-refractivity contribution in [3.05, 3.63) is 40.5 Å². The highest BCUT2D eigenvalue weighted by molar-refractivity contribution is 6.30. The van der Waals surface area contributed by atoms with Crippen molar-refractivity contribution in [2.24, 2.45) is 0 Å². The average molecular weight is 248 g/mol. The summed E-state index contributed by atoms with van der Waals surface area (Å²) < 4.78 is 0. The average Bonchev–Trinajstić information content (AvgIpc) is 2.28. The monoisotopic (exact) mass is 247 g/mol. The van der Waals surface area contributed by atoms with E-state index in [4.69, 9.17) is 11.6 Å². The number of halogens is 1. The summed E-state index contributed by atoms with van der Waals surface area (Å²) >= 11 is 6.19. The zero-order valence-electron chi connectivity index (χ0n) is 10.6. The molecule has 2 rings (SSSR count). The molecule has 0 atom stereocenters. The van der Waals surface area contributed by atoms with Crippen molar-refractivity contribution in [3.8, 4) is 0 Å². The van der Waals surface area contributed by atoms with Crippen LogP contribution in [-0.4, -0.2) is 4.98 Å². The molecule has 0 amide bonds. The molecular weight excluding hydrogens is 230 g/mol. The molecule has 2 heteroatoms. The Hall–Kier alpha value is -1.08. The van der Waals surface area contributed by atoms with Gasteiger partial charge in [-0.3, -0.25) is 0 Å². The molecule has 0 aliphatic carbocycles. The third-order valence-electron chi connectivity index (χ3n) is 3.02. The van der Waals surface area contributed by atoms with Gasteiger partial charge in [0, 0.05) is 5.39 Å². The predicted molar refractivity (Wildman–Crippen MR) is 74.8 cm³/mol. The Balaban J connectivity index is 2.56. The molecule has 0 fully saturated rings. The Morgan fingerprint density at radius 1 is 1.24 bits per heavy atom. The van der Waals surface area contributed by atoms with Crippen LogP contribution in [0.15, 0.2) is 24.3 Å². The molecule has 0 spiro atoms. The van der Waals surface area contributed by atoms with Crippen LogP contribution in [-0.2, 0) is 6.42 Å². The van der Waals surface area contributed by atoms with Crippen molar-refractivity contribution in [2.75, 3.05) is 0 Å². The smallest absolute Gasteiger partial charge is 0.133 e. The van der Waals surface area contributed by atoms with E-state index in [2.05, 4.69) is 50.0 Å².